The van der Waals surface area contributed by atoms with Crippen molar-refractivity contribution < 1.29 is 33.5 Å². The number of ether oxygens (including phenoxy) is 6. The molecule has 0 radical (unpaired) electrons. The van der Waals surface area contributed by atoms with Crippen molar-refractivity contribution in [3.05, 3.63) is 128 Å². The van der Waals surface area contributed by atoms with Gasteiger partial charge in [0, 0.05) is 18.9 Å². The minimum Gasteiger partial charge on any atom is -0.497 e. The van der Waals surface area contributed by atoms with Gasteiger partial charge in [-0.3, -0.25) is 14.3 Å². The molecule has 3 aromatic carbocycles. The first-order chi connectivity index (χ1) is 21.8. The van der Waals surface area contributed by atoms with Gasteiger partial charge in [-0.05, 0) is 47.9 Å². The molecule has 2 heterocycles. The van der Waals surface area contributed by atoms with Gasteiger partial charge in [-0.2, -0.15) is 0 Å². The molecule has 45 heavy (non-hydrogen) atoms. The number of aromatic nitrogens is 2. The second-order valence-electron chi connectivity index (χ2n) is 10.7. The van der Waals surface area contributed by atoms with Gasteiger partial charge in [0.1, 0.15) is 35.4 Å². The summed E-state index contributed by atoms with van der Waals surface area (Å²) in [6, 6.07) is 24.9. The normalized spacial score (nSPS) is 19.8. The molecule has 1 aromatic heterocycles. The predicted molar refractivity (Wildman–Crippen MR) is 166 cm³/mol. The van der Waals surface area contributed by atoms with Crippen LogP contribution in [0.1, 0.15) is 28.5 Å². The Bertz CT molecular complexity index is 1610. The molecule has 2 N–H and O–H groups in total. The van der Waals surface area contributed by atoms with E-state index >= 15 is 0 Å². The largest absolute Gasteiger partial charge is 0.497 e. The molecule has 0 bridgehead atoms. The first kappa shape index (κ1) is 32.1. The lowest BCUT2D eigenvalue weighted by Crippen LogP contribution is -2.41. The number of nitrogens with zero attached hydrogens (tertiary/aromatic N) is 1. The maximum atomic E-state index is 12.9. The molecule has 4 atom stereocenters. The van der Waals surface area contributed by atoms with E-state index in [-0.39, 0.29) is 19.8 Å². The fourth-order valence-electron chi connectivity index (χ4n) is 5.58. The van der Waals surface area contributed by atoms with E-state index in [1.807, 2.05) is 78.9 Å². The van der Waals surface area contributed by atoms with Gasteiger partial charge in [0.2, 0.25) is 0 Å². The Morgan fingerprint density at radius 3 is 1.98 bits per heavy atom. The van der Waals surface area contributed by atoms with Crippen molar-refractivity contribution >= 4 is 0 Å². The Hall–Kier alpha value is -4.26. The lowest BCUT2D eigenvalue weighted by molar-refractivity contribution is -0.0994. The van der Waals surface area contributed by atoms with Crippen LogP contribution in [0.25, 0.3) is 0 Å². The Morgan fingerprint density at radius 1 is 0.844 bits per heavy atom. The zero-order chi connectivity index (χ0) is 32.0. The van der Waals surface area contributed by atoms with E-state index in [2.05, 4.69) is 4.98 Å². The van der Waals surface area contributed by atoms with Crippen molar-refractivity contribution in [1.82, 2.24) is 9.55 Å². The molecule has 1 aliphatic rings. The first-order valence-electron chi connectivity index (χ1n) is 14.6. The molecule has 4 aromatic rings. The average Bonchev–Trinajstić information content (AvgIpc) is 3.38. The fraction of sp³-hybridized carbons (Fsp3) is 0.353. The second kappa shape index (κ2) is 14.2. The van der Waals surface area contributed by atoms with E-state index in [1.165, 1.54) is 17.9 Å². The van der Waals surface area contributed by atoms with Crippen molar-refractivity contribution in [2.24, 2.45) is 0 Å². The molecule has 0 saturated carbocycles. The molecular formula is C34H38N2O9. The molecule has 1 saturated heterocycles. The maximum absolute atomic E-state index is 12.9. The standard InChI is InChI=1S/C34H38N2O9/c1-22-20-36(33(39)35-31(22)38)32-30(43-19-18-40-2)29(37)28(45-32)21-44-34(23-8-6-5-7-9-23,24-10-14-26(41-3)15-11-24)25-12-16-27(42-4)17-13-25/h5-17,20,28-30,32,37H,18-19,21H2,1-4H3,(H,35,38,39)/t28-,29+,30+,32+/m0/s1. The highest BCUT2D eigenvalue weighted by molar-refractivity contribution is 5.49. The summed E-state index contributed by atoms with van der Waals surface area (Å²) >= 11 is 0. The van der Waals surface area contributed by atoms with Crippen LogP contribution >= 0.6 is 0 Å². The topological polar surface area (TPSA) is 130 Å². The number of rotatable bonds is 13. The van der Waals surface area contributed by atoms with Gasteiger partial charge in [-0.1, -0.05) is 54.6 Å². The highest BCUT2D eigenvalue weighted by atomic mass is 16.6. The number of methoxy groups -OCH3 is 3. The summed E-state index contributed by atoms with van der Waals surface area (Å²) in [5.41, 5.74) is 0.430. The summed E-state index contributed by atoms with van der Waals surface area (Å²) in [5.74, 6) is 1.37. The Kier molecular flexibility index (Phi) is 10.2. The Balaban J connectivity index is 1.56. The molecule has 0 amide bonds. The van der Waals surface area contributed by atoms with Crippen LogP contribution in [-0.4, -0.2) is 74.1 Å². The van der Waals surface area contributed by atoms with Crippen molar-refractivity contribution in [2.45, 2.75) is 37.1 Å². The fourth-order valence-corrected chi connectivity index (χ4v) is 5.58. The molecule has 11 nitrogen and oxygen atoms in total. The molecule has 0 spiro atoms. The SMILES string of the molecule is COCCO[C@@H]1[C@H](O)[C@H](COC(c2ccccc2)(c2ccc(OC)cc2)c2ccc(OC)cc2)O[C@H]1n1cc(C)c(=O)[nH]c1=O. The second-order valence-corrected chi connectivity index (χ2v) is 10.7. The zero-order valence-corrected chi connectivity index (χ0v) is 25.7. The van der Waals surface area contributed by atoms with Gasteiger partial charge in [-0.15, -0.1) is 0 Å². The van der Waals surface area contributed by atoms with Crippen molar-refractivity contribution in [2.75, 3.05) is 41.2 Å². The number of aliphatic hydroxyl groups excluding tert-OH is 1. The first-order valence-corrected chi connectivity index (χ1v) is 14.6. The Labute approximate surface area is 260 Å². The third kappa shape index (κ3) is 6.58. The van der Waals surface area contributed by atoms with Crippen LogP contribution in [0, 0.1) is 6.92 Å². The molecule has 0 unspecified atom stereocenters. The summed E-state index contributed by atoms with van der Waals surface area (Å²) < 4.78 is 36.4. The summed E-state index contributed by atoms with van der Waals surface area (Å²) in [6.45, 7) is 1.91. The molecular weight excluding hydrogens is 580 g/mol. The van der Waals surface area contributed by atoms with Crippen LogP contribution in [-0.2, 0) is 24.5 Å². The number of hydrogen-bond acceptors (Lipinski definition) is 9. The number of aryl methyl sites for hydroxylation is 1. The minimum atomic E-state index is -1.19. The number of hydrogen-bond donors (Lipinski definition) is 2. The van der Waals surface area contributed by atoms with Crippen LogP contribution in [0.2, 0.25) is 0 Å². The van der Waals surface area contributed by atoms with Crippen LogP contribution in [0.5, 0.6) is 11.5 Å². The lowest BCUT2D eigenvalue weighted by Gasteiger charge is -2.37. The van der Waals surface area contributed by atoms with E-state index < -0.39 is 41.4 Å². The molecule has 1 fully saturated rings. The summed E-state index contributed by atoms with van der Waals surface area (Å²) in [5, 5.41) is 11.5. The maximum Gasteiger partial charge on any atom is 0.330 e. The third-order valence-electron chi connectivity index (χ3n) is 7.97. The van der Waals surface area contributed by atoms with E-state index in [4.69, 9.17) is 28.4 Å². The van der Waals surface area contributed by atoms with Crippen molar-refractivity contribution in [3.63, 3.8) is 0 Å². The number of nitrogens with one attached hydrogen (secondary N) is 1. The number of H-pyrrole nitrogens is 1. The molecule has 1 aliphatic heterocycles. The zero-order valence-electron chi connectivity index (χ0n) is 25.7. The van der Waals surface area contributed by atoms with Gasteiger partial charge in [0.15, 0.2) is 6.23 Å². The summed E-state index contributed by atoms with van der Waals surface area (Å²) in [7, 11) is 4.75. The number of aromatic amines is 1. The predicted octanol–water partition coefficient (Wildman–Crippen LogP) is 3.16. The van der Waals surface area contributed by atoms with Crippen LogP contribution < -0.4 is 20.7 Å². The van der Waals surface area contributed by atoms with Crippen molar-refractivity contribution in [3.8, 4) is 11.5 Å². The molecule has 11 heteroatoms. The van der Waals surface area contributed by atoms with Crippen LogP contribution in [0.4, 0.5) is 0 Å². The van der Waals surface area contributed by atoms with Gasteiger partial charge in [0.25, 0.3) is 5.56 Å². The minimum absolute atomic E-state index is 0.0914. The van der Waals surface area contributed by atoms with E-state index in [9.17, 15) is 14.7 Å². The lowest BCUT2D eigenvalue weighted by atomic mass is 9.80. The van der Waals surface area contributed by atoms with Gasteiger partial charge in [-0.25, -0.2) is 4.79 Å². The summed E-state index contributed by atoms with van der Waals surface area (Å²) in [4.78, 5) is 27.2. The Morgan fingerprint density at radius 2 is 1.42 bits per heavy atom. The van der Waals surface area contributed by atoms with Crippen LogP contribution in [0.3, 0.4) is 0 Å². The number of aliphatic hydroxyl groups is 1. The quantitative estimate of drug-likeness (QED) is 0.171. The highest BCUT2D eigenvalue weighted by Crippen LogP contribution is 2.43. The van der Waals surface area contributed by atoms with E-state index in [1.54, 1.807) is 21.1 Å². The monoisotopic (exact) mass is 618 g/mol. The van der Waals surface area contributed by atoms with E-state index in [0.717, 1.165) is 16.7 Å². The molecule has 5 rings (SSSR count). The summed E-state index contributed by atoms with van der Waals surface area (Å²) in [6.07, 6.45) is -2.70. The smallest absolute Gasteiger partial charge is 0.330 e. The number of benzene rings is 3. The van der Waals surface area contributed by atoms with Gasteiger partial charge < -0.3 is 33.5 Å². The molecule has 238 valence electrons. The average molecular weight is 619 g/mol. The van der Waals surface area contributed by atoms with Gasteiger partial charge >= 0.3 is 5.69 Å². The van der Waals surface area contributed by atoms with Crippen molar-refractivity contribution in [1.29, 1.82) is 0 Å². The highest BCUT2D eigenvalue weighted by Gasteiger charge is 2.48. The van der Waals surface area contributed by atoms with Gasteiger partial charge in [0.05, 0.1) is 34.0 Å². The molecule has 0 aliphatic carbocycles. The van der Waals surface area contributed by atoms with Crippen LogP contribution in [0.15, 0.2) is 94.6 Å². The third-order valence-corrected chi connectivity index (χ3v) is 7.97. The van der Waals surface area contributed by atoms with E-state index in [0.29, 0.717) is 17.1 Å².